The summed E-state index contributed by atoms with van der Waals surface area (Å²) in [4.78, 5) is 13.3. The Hall–Kier alpha value is -1.88. The lowest BCUT2D eigenvalue weighted by Crippen LogP contribution is -2.05. The van der Waals surface area contributed by atoms with Crippen LogP contribution in [0.2, 0.25) is 0 Å². The van der Waals surface area contributed by atoms with Crippen molar-refractivity contribution in [2.45, 2.75) is 12.8 Å². The zero-order chi connectivity index (χ0) is 11.7. The Labute approximate surface area is 90.3 Å². The van der Waals surface area contributed by atoms with Gasteiger partial charge in [-0.3, -0.25) is 0 Å². The van der Waals surface area contributed by atoms with Crippen LogP contribution in [0.4, 0.5) is 4.39 Å². The maximum Gasteiger partial charge on any atom is 0.343 e. The summed E-state index contributed by atoms with van der Waals surface area (Å²) in [6, 6.07) is 4.89. The molecular weight excluding hydrogens is 213 g/mol. The van der Waals surface area contributed by atoms with Gasteiger partial charge in [-0.1, -0.05) is 12.1 Å². The van der Waals surface area contributed by atoms with Crippen LogP contribution < -0.4 is 0 Å². The number of H-pyrrole nitrogens is 1. The molecule has 5 heteroatoms. The number of benzene rings is 1. The number of carboxylic acid groups (broad SMARTS) is 1. The van der Waals surface area contributed by atoms with Gasteiger partial charge in [0.2, 0.25) is 6.17 Å². The molecule has 0 aliphatic rings. The molecule has 3 N–H and O–H groups in total. The highest BCUT2D eigenvalue weighted by Gasteiger charge is 2.21. The van der Waals surface area contributed by atoms with Crippen molar-refractivity contribution in [3.8, 4) is 0 Å². The van der Waals surface area contributed by atoms with Crippen molar-refractivity contribution in [2.75, 3.05) is 0 Å². The van der Waals surface area contributed by atoms with Crippen LogP contribution in [-0.2, 0) is 11.4 Å². The van der Waals surface area contributed by atoms with E-state index in [9.17, 15) is 9.18 Å². The van der Waals surface area contributed by atoms with Crippen LogP contribution in [0.3, 0.4) is 0 Å². The summed E-state index contributed by atoms with van der Waals surface area (Å²) in [6.07, 6.45) is -0.696. The maximum absolute atomic E-state index is 13.3. The highest BCUT2D eigenvalue weighted by atomic mass is 19.1. The standard InChI is InChI=1S/C11H10FNO3/c12-10(11(15)16)8-4-13-9-3-6(5-14)1-2-7(8)9/h1-4,10,13-14H,5H2,(H,15,16). The monoisotopic (exact) mass is 223 g/mol. The van der Waals surface area contributed by atoms with Crippen LogP contribution in [0.1, 0.15) is 17.3 Å². The van der Waals surface area contributed by atoms with Crippen LogP contribution in [0, 0.1) is 0 Å². The first-order chi connectivity index (χ1) is 7.63. The zero-order valence-electron chi connectivity index (χ0n) is 8.27. The minimum Gasteiger partial charge on any atom is -0.479 e. The molecule has 0 aliphatic carbocycles. The van der Waals surface area contributed by atoms with E-state index in [-0.39, 0.29) is 12.2 Å². The summed E-state index contributed by atoms with van der Waals surface area (Å²) in [6.45, 7) is -0.109. The van der Waals surface area contributed by atoms with Crippen molar-refractivity contribution in [2.24, 2.45) is 0 Å². The highest BCUT2D eigenvalue weighted by molar-refractivity contribution is 5.88. The van der Waals surface area contributed by atoms with Gasteiger partial charge in [0, 0.05) is 22.7 Å². The first-order valence-electron chi connectivity index (χ1n) is 4.71. The first-order valence-corrected chi connectivity index (χ1v) is 4.71. The number of hydrogen-bond acceptors (Lipinski definition) is 2. The molecule has 4 nitrogen and oxygen atoms in total. The third-order valence-electron chi connectivity index (χ3n) is 2.45. The summed E-state index contributed by atoms with van der Waals surface area (Å²) in [5, 5.41) is 18.0. The quantitative estimate of drug-likeness (QED) is 0.742. The summed E-state index contributed by atoms with van der Waals surface area (Å²) in [7, 11) is 0. The fourth-order valence-corrected chi connectivity index (χ4v) is 1.64. The Morgan fingerprint density at radius 3 is 2.88 bits per heavy atom. The number of rotatable bonds is 3. The Morgan fingerprint density at radius 1 is 1.50 bits per heavy atom. The predicted octanol–water partition coefficient (Wildman–Crippen LogP) is 1.76. The molecule has 2 aromatic rings. The molecule has 2 rings (SSSR count). The lowest BCUT2D eigenvalue weighted by Gasteiger charge is -2.01. The fourth-order valence-electron chi connectivity index (χ4n) is 1.64. The van der Waals surface area contributed by atoms with E-state index in [2.05, 4.69) is 4.98 Å². The van der Waals surface area contributed by atoms with E-state index in [1.807, 2.05) is 0 Å². The molecule has 1 atom stereocenters. The van der Waals surface area contributed by atoms with Gasteiger partial charge in [-0.25, -0.2) is 9.18 Å². The van der Waals surface area contributed by atoms with Crippen molar-refractivity contribution in [1.82, 2.24) is 4.98 Å². The van der Waals surface area contributed by atoms with E-state index < -0.39 is 12.1 Å². The Morgan fingerprint density at radius 2 is 2.25 bits per heavy atom. The van der Waals surface area contributed by atoms with E-state index in [0.717, 1.165) is 0 Å². The molecule has 1 unspecified atom stereocenters. The van der Waals surface area contributed by atoms with Crippen molar-refractivity contribution in [3.05, 3.63) is 35.5 Å². The summed E-state index contributed by atoms with van der Waals surface area (Å²) >= 11 is 0. The number of fused-ring (bicyclic) bond motifs is 1. The van der Waals surface area contributed by atoms with E-state index in [1.54, 1.807) is 18.2 Å². The second-order valence-electron chi connectivity index (χ2n) is 3.48. The highest BCUT2D eigenvalue weighted by Crippen LogP contribution is 2.27. The number of aliphatic hydroxyl groups excluding tert-OH is 1. The largest absolute Gasteiger partial charge is 0.479 e. The summed E-state index contributed by atoms with van der Waals surface area (Å²) in [5.74, 6) is -1.51. The number of carboxylic acids is 1. The van der Waals surface area contributed by atoms with E-state index in [1.165, 1.54) is 6.20 Å². The second kappa shape index (κ2) is 3.94. The number of alkyl halides is 1. The predicted molar refractivity (Wildman–Crippen MR) is 55.7 cm³/mol. The third kappa shape index (κ3) is 1.65. The number of aromatic nitrogens is 1. The minimum atomic E-state index is -2.03. The Kier molecular flexibility index (Phi) is 2.62. The molecule has 0 amide bonds. The Bertz CT molecular complexity index is 535. The van der Waals surface area contributed by atoms with Crippen LogP contribution >= 0.6 is 0 Å². The summed E-state index contributed by atoms with van der Waals surface area (Å²) in [5.41, 5.74) is 1.41. The van der Waals surface area contributed by atoms with Gasteiger partial charge in [-0.05, 0) is 11.6 Å². The molecular formula is C11H10FNO3. The van der Waals surface area contributed by atoms with Crippen LogP contribution in [-0.4, -0.2) is 21.2 Å². The number of aliphatic hydroxyl groups is 1. The SMILES string of the molecule is O=C(O)C(F)c1c[nH]c2cc(CO)ccc12. The van der Waals surface area contributed by atoms with Gasteiger partial charge < -0.3 is 15.2 Å². The lowest BCUT2D eigenvalue weighted by atomic mass is 10.1. The van der Waals surface area contributed by atoms with Crippen molar-refractivity contribution in [1.29, 1.82) is 0 Å². The maximum atomic E-state index is 13.3. The van der Waals surface area contributed by atoms with E-state index >= 15 is 0 Å². The average Bonchev–Trinajstić information content (AvgIpc) is 2.70. The van der Waals surface area contributed by atoms with E-state index in [0.29, 0.717) is 16.5 Å². The second-order valence-corrected chi connectivity index (χ2v) is 3.48. The van der Waals surface area contributed by atoms with Gasteiger partial charge in [0.15, 0.2) is 0 Å². The lowest BCUT2D eigenvalue weighted by molar-refractivity contribution is -0.142. The molecule has 0 aliphatic heterocycles. The number of aliphatic carboxylic acids is 1. The van der Waals surface area contributed by atoms with Crippen molar-refractivity contribution in [3.63, 3.8) is 0 Å². The zero-order valence-corrected chi connectivity index (χ0v) is 8.27. The molecule has 0 saturated heterocycles. The third-order valence-corrected chi connectivity index (χ3v) is 2.45. The number of carbonyl (C=O) groups is 1. The van der Waals surface area contributed by atoms with Crippen LogP contribution in [0.25, 0.3) is 10.9 Å². The molecule has 16 heavy (non-hydrogen) atoms. The smallest absolute Gasteiger partial charge is 0.343 e. The van der Waals surface area contributed by atoms with Gasteiger partial charge in [-0.15, -0.1) is 0 Å². The molecule has 84 valence electrons. The minimum absolute atomic E-state index is 0.104. The molecule has 0 saturated carbocycles. The van der Waals surface area contributed by atoms with Crippen molar-refractivity contribution >= 4 is 16.9 Å². The van der Waals surface area contributed by atoms with Gasteiger partial charge in [-0.2, -0.15) is 0 Å². The van der Waals surface area contributed by atoms with Gasteiger partial charge in [0.05, 0.1) is 6.61 Å². The van der Waals surface area contributed by atoms with Crippen molar-refractivity contribution < 1.29 is 19.4 Å². The topological polar surface area (TPSA) is 73.3 Å². The fraction of sp³-hybridized carbons (Fsp3) is 0.182. The molecule has 1 aromatic carbocycles. The molecule has 0 bridgehead atoms. The molecule has 0 spiro atoms. The number of halogens is 1. The molecule has 0 fully saturated rings. The van der Waals surface area contributed by atoms with E-state index in [4.69, 9.17) is 10.2 Å². The van der Waals surface area contributed by atoms with Crippen LogP contribution in [0.15, 0.2) is 24.4 Å². The van der Waals surface area contributed by atoms with Gasteiger partial charge in [0.1, 0.15) is 0 Å². The van der Waals surface area contributed by atoms with Gasteiger partial charge in [0.25, 0.3) is 0 Å². The Balaban J connectivity index is 2.53. The normalized spacial score (nSPS) is 12.9. The molecule has 0 radical (unpaired) electrons. The number of hydrogen-bond donors (Lipinski definition) is 3. The molecule has 1 heterocycles. The first kappa shape index (κ1) is 10.6. The van der Waals surface area contributed by atoms with Gasteiger partial charge >= 0.3 is 5.97 Å². The molecule has 1 aromatic heterocycles. The average molecular weight is 223 g/mol. The number of aromatic amines is 1. The van der Waals surface area contributed by atoms with Crippen LogP contribution in [0.5, 0.6) is 0 Å². The number of nitrogens with one attached hydrogen (secondary N) is 1. The summed E-state index contributed by atoms with van der Waals surface area (Å²) < 4.78 is 13.3.